The molecule has 0 bridgehead atoms. The third-order valence-corrected chi connectivity index (χ3v) is 4.61. The van der Waals surface area contributed by atoms with E-state index in [9.17, 15) is 4.79 Å². The first-order chi connectivity index (χ1) is 11.7. The maximum Gasteiger partial charge on any atom is 0.248 e. The molecule has 5 heteroatoms. The maximum atomic E-state index is 12.4. The van der Waals surface area contributed by atoms with E-state index in [0.29, 0.717) is 12.6 Å². The Bertz CT molecular complexity index is 654. The van der Waals surface area contributed by atoms with Gasteiger partial charge in [-0.1, -0.05) is 30.3 Å². The second kappa shape index (κ2) is 8.11. The first kappa shape index (κ1) is 16.7. The van der Waals surface area contributed by atoms with Crippen LogP contribution in [0, 0.1) is 6.92 Å². The van der Waals surface area contributed by atoms with E-state index in [-0.39, 0.29) is 12.5 Å². The van der Waals surface area contributed by atoms with E-state index in [1.807, 2.05) is 42.4 Å². The van der Waals surface area contributed by atoms with Crippen LogP contribution in [0.4, 0.5) is 0 Å². The number of ether oxygens (including phenoxy) is 1. The Morgan fingerprint density at radius 1 is 1.33 bits per heavy atom. The van der Waals surface area contributed by atoms with Crippen LogP contribution in [0.25, 0.3) is 0 Å². The van der Waals surface area contributed by atoms with Crippen molar-refractivity contribution >= 4 is 5.91 Å². The molecule has 3 rings (SSSR count). The Labute approximate surface area is 143 Å². The highest BCUT2D eigenvalue weighted by Crippen LogP contribution is 2.22. The van der Waals surface area contributed by atoms with Crippen LogP contribution < -0.4 is 0 Å². The minimum atomic E-state index is 0.0885. The lowest BCUT2D eigenvalue weighted by Crippen LogP contribution is -2.42. The molecule has 1 saturated heterocycles. The number of piperidine rings is 1. The molecule has 128 valence electrons. The number of aryl methyl sites for hydroxylation is 1. The fourth-order valence-corrected chi connectivity index (χ4v) is 3.27. The van der Waals surface area contributed by atoms with Gasteiger partial charge in [-0.3, -0.25) is 4.79 Å². The number of likely N-dealkylation sites (tertiary alicyclic amines) is 1. The summed E-state index contributed by atoms with van der Waals surface area (Å²) in [6.07, 6.45) is 6.78. The molecule has 1 fully saturated rings. The van der Waals surface area contributed by atoms with Crippen LogP contribution in [0.15, 0.2) is 42.7 Å². The van der Waals surface area contributed by atoms with Crippen molar-refractivity contribution in [2.75, 3.05) is 26.3 Å². The van der Waals surface area contributed by atoms with Crippen LogP contribution in [-0.2, 0) is 16.0 Å². The largest absolute Gasteiger partial charge is 0.371 e. The average Bonchev–Trinajstić information content (AvgIpc) is 3.05. The van der Waals surface area contributed by atoms with E-state index in [0.717, 1.165) is 38.2 Å². The summed E-state index contributed by atoms with van der Waals surface area (Å²) >= 11 is 0. The summed E-state index contributed by atoms with van der Waals surface area (Å²) in [5, 5.41) is 0. The van der Waals surface area contributed by atoms with E-state index in [1.165, 1.54) is 5.56 Å². The molecule has 24 heavy (non-hydrogen) atoms. The molecule has 1 aromatic carbocycles. The third kappa shape index (κ3) is 4.23. The van der Waals surface area contributed by atoms with Gasteiger partial charge in [-0.05, 0) is 31.7 Å². The predicted octanol–water partition coefficient (Wildman–Crippen LogP) is 2.61. The first-order valence-corrected chi connectivity index (χ1v) is 8.63. The van der Waals surface area contributed by atoms with Gasteiger partial charge in [0.15, 0.2) is 0 Å². The smallest absolute Gasteiger partial charge is 0.248 e. The van der Waals surface area contributed by atoms with Gasteiger partial charge in [0.1, 0.15) is 12.4 Å². The number of nitrogens with zero attached hydrogens (tertiary/aromatic N) is 3. The van der Waals surface area contributed by atoms with Crippen molar-refractivity contribution in [2.24, 2.45) is 0 Å². The lowest BCUT2D eigenvalue weighted by molar-refractivity contribution is -0.137. The molecule has 2 aromatic rings. The Morgan fingerprint density at radius 2 is 2.17 bits per heavy atom. The molecule has 1 aliphatic heterocycles. The molecule has 0 spiro atoms. The van der Waals surface area contributed by atoms with E-state index in [1.54, 1.807) is 0 Å². The molecule has 5 nitrogen and oxygen atoms in total. The van der Waals surface area contributed by atoms with Gasteiger partial charge >= 0.3 is 0 Å². The molecule has 0 radical (unpaired) electrons. The number of carbonyl (C=O) groups is 1. The molecule has 0 aliphatic carbocycles. The number of amides is 1. The predicted molar refractivity (Wildman–Crippen MR) is 92.8 cm³/mol. The van der Waals surface area contributed by atoms with Gasteiger partial charge in [0.25, 0.3) is 0 Å². The second-order valence-electron chi connectivity index (χ2n) is 6.31. The zero-order valence-corrected chi connectivity index (χ0v) is 14.2. The van der Waals surface area contributed by atoms with Crippen molar-refractivity contribution in [2.45, 2.75) is 32.2 Å². The van der Waals surface area contributed by atoms with Crippen LogP contribution in [0.2, 0.25) is 0 Å². The molecule has 1 aromatic heterocycles. The van der Waals surface area contributed by atoms with Gasteiger partial charge in [0, 0.05) is 25.5 Å². The number of hydrogen-bond donors (Lipinski definition) is 0. The summed E-state index contributed by atoms with van der Waals surface area (Å²) in [7, 11) is 0. The van der Waals surface area contributed by atoms with Gasteiger partial charge < -0.3 is 14.2 Å². The molecule has 1 atom stereocenters. The van der Waals surface area contributed by atoms with Crippen LogP contribution in [0.3, 0.4) is 0 Å². The van der Waals surface area contributed by atoms with Crippen molar-refractivity contribution in [1.29, 1.82) is 0 Å². The van der Waals surface area contributed by atoms with E-state index in [4.69, 9.17) is 4.74 Å². The van der Waals surface area contributed by atoms with Crippen LogP contribution in [0.5, 0.6) is 0 Å². The third-order valence-electron chi connectivity index (χ3n) is 4.61. The first-order valence-electron chi connectivity index (χ1n) is 8.63. The zero-order valence-electron chi connectivity index (χ0n) is 14.2. The summed E-state index contributed by atoms with van der Waals surface area (Å²) < 4.78 is 7.77. The van der Waals surface area contributed by atoms with Gasteiger partial charge in [-0.2, -0.15) is 0 Å². The number of imidazole rings is 1. The fourth-order valence-electron chi connectivity index (χ4n) is 3.27. The summed E-state index contributed by atoms with van der Waals surface area (Å²) in [5.74, 6) is 1.10. The van der Waals surface area contributed by atoms with E-state index in [2.05, 4.69) is 21.7 Å². The van der Waals surface area contributed by atoms with Crippen molar-refractivity contribution in [3.05, 3.63) is 54.1 Å². The monoisotopic (exact) mass is 327 g/mol. The summed E-state index contributed by atoms with van der Waals surface area (Å²) in [6, 6.07) is 10.5. The van der Waals surface area contributed by atoms with Crippen molar-refractivity contribution < 1.29 is 9.53 Å². The Balaban J connectivity index is 1.44. The topological polar surface area (TPSA) is 47.4 Å². The Kier molecular flexibility index (Phi) is 5.64. The molecular weight excluding hydrogens is 302 g/mol. The average molecular weight is 327 g/mol. The molecule has 0 N–H and O–H groups in total. The summed E-state index contributed by atoms with van der Waals surface area (Å²) in [5.41, 5.74) is 1.23. The minimum Gasteiger partial charge on any atom is -0.371 e. The highest BCUT2D eigenvalue weighted by molar-refractivity contribution is 5.77. The Morgan fingerprint density at radius 3 is 2.92 bits per heavy atom. The summed E-state index contributed by atoms with van der Waals surface area (Å²) in [4.78, 5) is 18.6. The lowest BCUT2D eigenvalue weighted by atomic mass is 10.1. The maximum absolute atomic E-state index is 12.4. The highest BCUT2D eigenvalue weighted by atomic mass is 16.5. The minimum absolute atomic E-state index is 0.0885. The van der Waals surface area contributed by atoms with Gasteiger partial charge in [-0.15, -0.1) is 0 Å². The van der Waals surface area contributed by atoms with Gasteiger partial charge in [0.05, 0.1) is 12.6 Å². The SMILES string of the molecule is Cc1nccn1[C@H]1CCCN(C(=O)COCCc2ccccc2)C1. The fraction of sp³-hybridized carbons (Fsp3) is 0.474. The van der Waals surface area contributed by atoms with Crippen molar-refractivity contribution in [3.8, 4) is 0 Å². The van der Waals surface area contributed by atoms with Crippen LogP contribution in [-0.4, -0.2) is 46.7 Å². The van der Waals surface area contributed by atoms with E-state index < -0.39 is 0 Å². The standard InChI is InChI=1S/C19H25N3O2/c1-16-20-10-12-22(16)18-8-5-11-21(14-18)19(23)15-24-13-9-17-6-3-2-4-7-17/h2-4,6-7,10,12,18H,5,8-9,11,13-15H2,1H3/t18-/m0/s1. The second-order valence-corrected chi connectivity index (χ2v) is 6.31. The highest BCUT2D eigenvalue weighted by Gasteiger charge is 2.25. The van der Waals surface area contributed by atoms with Crippen molar-refractivity contribution in [1.82, 2.24) is 14.5 Å². The number of rotatable bonds is 6. The van der Waals surface area contributed by atoms with E-state index >= 15 is 0 Å². The summed E-state index contributed by atoms with van der Waals surface area (Å²) in [6.45, 7) is 4.33. The van der Waals surface area contributed by atoms with Gasteiger partial charge in [-0.25, -0.2) is 4.98 Å². The van der Waals surface area contributed by atoms with Crippen LogP contribution in [0.1, 0.15) is 30.3 Å². The normalized spacial score (nSPS) is 17.9. The number of aromatic nitrogens is 2. The molecule has 2 heterocycles. The molecule has 1 aliphatic rings. The quantitative estimate of drug-likeness (QED) is 0.766. The molecule has 1 amide bonds. The molecular formula is C19H25N3O2. The van der Waals surface area contributed by atoms with Crippen LogP contribution >= 0.6 is 0 Å². The lowest BCUT2D eigenvalue weighted by Gasteiger charge is -2.33. The Hall–Kier alpha value is -2.14. The zero-order chi connectivity index (χ0) is 16.8. The molecule has 0 saturated carbocycles. The number of hydrogen-bond acceptors (Lipinski definition) is 3. The molecule has 0 unspecified atom stereocenters. The van der Waals surface area contributed by atoms with Gasteiger partial charge in [0.2, 0.25) is 5.91 Å². The number of benzene rings is 1. The number of carbonyl (C=O) groups excluding carboxylic acids is 1. The van der Waals surface area contributed by atoms with Crippen molar-refractivity contribution in [3.63, 3.8) is 0 Å².